The van der Waals surface area contributed by atoms with Gasteiger partial charge < -0.3 is 19.8 Å². The van der Waals surface area contributed by atoms with Crippen LogP contribution in [-0.4, -0.2) is 32.6 Å². The minimum atomic E-state index is -3.39. The van der Waals surface area contributed by atoms with E-state index in [-0.39, 0.29) is 30.6 Å². The van der Waals surface area contributed by atoms with Crippen LogP contribution in [0.2, 0.25) is 0 Å². The lowest BCUT2D eigenvalue weighted by Crippen LogP contribution is -2.03. The van der Waals surface area contributed by atoms with Crippen molar-refractivity contribution in [2.75, 3.05) is 19.6 Å². The fraction of sp³-hybridized carbons (Fsp3) is 0.238. The molecule has 0 radical (unpaired) electrons. The summed E-state index contributed by atoms with van der Waals surface area (Å²) in [6.45, 7) is 2.17. The quantitative estimate of drug-likeness (QED) is 0.688. The Morgan fingerprint density at radius 3 is 2.69 bits per heavy atom. The van der Waals surface area contributed by atoms with Gasteiger partial charge in [-0.05, 0) is 48.9 Å². The molecule has 0 amide bonds. The van der Waals surface area contributed by atoms with Gasteiger partial charge in [0.15, 0.2) is 21.3 Å². The average Bonchev–Trinajstić information content (AvgIpc) is 3.23. The van der Waals surface area contributed by atoms with Crippen LogP contribution >= 0.6 is 0 Å². The molecule has 0 fully saturated rings. The molecule has 0 bridgehead atoms. The minimum absolute atomic E-state index is 0.0162. The molecule has 1 aromatic heterocycles. The summed E-state index contributed by atoms with van der Waals surface area (Å²) >= 11 is 0. The first kappa shape index (κ1) is 19.5. The lowest BCUT2D eigenvalue weighted by molar-refractivity contribution is 0.174. The van der Waals surface area contributed by atoms with E-state index < -0.39 is 9.84 Å². The van der Waals surface area contributed by atoms with Gasteiger partial charge in [0.2, 0.25) is 6.79 Å². The van der Waals surface area contributed by atoms with Crippen LogP contribution in [0.1, 0.15) is 5.69 Å². The highest BCUT2D eigenvalue weighted by Crippen LogP contribution is 2.41. The van der Waals surface area contributed by atoms with Gasteiger partial charge in [0.25, 0.3) is 0 Å². The first-order valence-corrected chi connectivity index (χ1v) is 11.0. The van der Waals surface area contributed by atoms with E-state index in [4.69, 9.17) is 15.2 Å². The zero-order chi connectivity index (χ0) is 20.8. The molecule has 29 heavy (non-hydrogen) atoms. The van der Waals surface area contributed by atoms with E-state index in [1.54, 1.807) is 18.2 Å². The monoisotopic (exact) mass is 416 g/mol. The molecule has 0 saturated heterocycles. The Hall–Kier alpha value is -2.84. The molecule has 152 valence electrons. The van der Waals surface area contributed by atoms with Gasteiger partial charge in [-0.2, -0.15) is 0 Å². The van der Waals surface area contributed by atoms with Crippen molar-refractivity contribution in [1.82, 2.24) is 4.57 Å². The SMILES string of the molecule is Cc1c(-c2ccc3c(c2)OCO3)c2cc(S(C)(=O)=O)ccc2n1C/C(F)=C/CN. The molecule has 0 unspecified atom stereocenters. The first-order valence-electron chi connectivity index (χ1n) is 9.07. The summed E-state index contributed by atoms with van der Waals surface area (Å²) in [5.41, 5.74) is 8.64. The lowest BCUT2D eigenvalue weighted by Gasteiger charge is -2.08. The van der Waals surface area contributed by atoms with Gasteiger partial charge >= 0.3 is 0 Å². The highest BCUT2D eigenvalue weighted by Gasteiger charge is 2.21. The number of nitrogens with zero attached hydrogens (tertiary/aromatic N) is 1. The summed E-state index contributed by atoms with van der Waals surface area (Å²) in [4.78, 5) is 0.210. The molecule has 1 aliphatic rings. The van der Waals surface area contributed by atoms with Crippen LogP contribution < -0.4 is 15.2 Å². The largest absolute Gasteiger partial charge is 0.454 e. The van der Waals surface area contributed by atoms with E-state index in [1.165, 1.54) is 12.3 Å². The fourth-order valence-electron chi connectivity index (χ4n) is 3.66. The second-order valence-corrected chi connectivity index (χ2v) is 8.97. The van der Waals surface area contributed by atoms with Crippen molar-refractivity contribution < 1.29 is 22.3 Å². The van der Waals surface area contributed by atoms with Gasteiger partial charge in [-0.1, -0.05) is 6.07 Å². The van der Waals surface area contributed by atoms with E-state index in [0.29, 0.717) is 11.5 Å². The molecule has 4 rings (SSSR count). The Balaban J connectivity index is 1.98. The molecule has 0 spiro atoms. The number of aromatic nitrogens is 1. The summed E-state index contributed by atoms with van der Waals surface area (Å²) < 4.78 is 51.2. The summed E-state index contributed by atoms with van der Waals surface area (Å²) in [5.74, 6) is 0.928. The number of halogens is 1. The summed E-state index contributed by atoms with van der Waals surface area (Å²) in [7, 11) is -3.39. The normalized spacial score (nSPS) is 14.0. The van der Waals surface area contributed by atoms with Gasteiger partial charge in [-0.3, -0.25) is 0 Å². The third kappa shape index (κ3) is 3.49. The zero-order valence-electron chi connectivity index (χ0n) is 16.1. The molecule has 8 heteroatoms. The molecular weight excluding hydrogens is 395 g/mol. The smallest absolute Gasteiger partial charge is 0.231 e. The van der Waals surface area contributed by atoms with E-state index >= 15 is 0 Å². The molecular formula is C21H21FN2O4S. The minimum Gasteiger partial charge on any atom is -0.454 e. The zero-order valence-corrected chi connectivity index (χ0v) is 16.9. The number of benzene rings is 2. The second-order valence-electron chi connectivity index (χ2n) is 6.95. The second kappa shape index (κ2) is 7.20. The van der Waals surface area contributed by atoms with Gasteiger partial charge in [0, 0.05) is 35.0 Å². The Morgan fingerprint density at radius 2 is 1.97 bits per heavy atom. The number of nitrogens with two attached hydrogens (primary N) is 1. The average molecular weight is 416 g/mol. The predicted molar refractivity (Wildman–Crippen MR) is 110 cm³/mol. The summed E-state index contributed by atoms with van der Waals surface area (Å²) in [5, 5.41) is 0.727. The topological polar surface area (TPSA) is 83.5 Å². The summed E-state index contributed by atoms with van der Waals surface area (Å²) in [6, 6.07) is 10.5. The fourth-order valence-corrected chi connectivity index (χ4v) is 4.30. The number of fused-ring (bicyclic) bond motifs is 2. The van der Waals surface area contributed by atoms with Crippen LogP contribution in [0.15, 0.2) is 53.2 Å². The van der Waals surface area contributed by atoms with Crippen molar-refractivity contribution in [2.45, 2.75) is 18.4 Å². The molecule has 2 heterocycles. The van der Waals surface area contributed by atoms with E-state index in [9.17, 15) is 12.8 Å². The van der Waals surface area contributed by atoms with Crippen LogP contribution in [0.5, 0.6) is 11.5 Å². The van der Waals surface area contributed by atoms with Gasteiger partial charge in [0.05, 0.1) is 11.4 Å². The molecule has 2 aromatic carbocycles. The predicted octanol–water partition coefficient (Wildman–Crippen LogP) is 3.56. The Bertz CT molecular complexity index is 1250. The number of hydrogen-bond acceptors (Lipinski definition) is 5. The molecule has 1 aliphatic heterocycles. The van der Waals surface area contributed by atoms with Crippen LogP contribution in [-0.2, 0) is 16.4 Å². The first-order chi connectivity index (χ1) is 13.8. The third-order valence-electron chi connectivity index (χ3n) is 5.03. The Morgan fingerprint density at radius 1 is 1.21 bits per heavy atom. The number of sulfone groups is 1. The number of allylic oxidation sites excluding steroid dienone is 1. The van der Waals surface area contributed by atoms with Gasteiger partial charge in [-0.15, -0.1) is 0 Å². The maximum atomic E-state index is 14.3. The van der Waals surface area contributed by atoms with E-state index in [0.717, 1.165) is 27.7 Å². The summed E-state index contributed by atoms with van der Waals surface area (Å²) in [6.07, 6.45) is 2.50. The van der Waals surface area contributed by atoms with Crippen LogP contribution in [0.4, 0.5) is 4.39 Å². The maximum absolute atomic E-state index is 14.3. The van der Waals surface area contributed by atoms with Crippen LogP contribution in [0.3, 0.4) is 0 Å². The van der Waals surface area contributed by atoms with Crippen molar-refractivity contribution >= 4 is 20.7 Å². The highest BCUT2D eigenvalue weighted by molar-refractivity contribution is 7.90. The molecule has 0 atom stereocenters. The van der Waals surface area contributed by atoms with E-state index in [1.807, 2.05) is 29.7 Å². The maximum Gasteiger partial charge on any atom is 0.231 e. The standard InChI is InChI=1S/C21H21FN2O4S/c1-13-21(14-3-6-19-20(9-14)28-12-27-19)17-10-16(29(2,25)26)4-5-18(17)24(13)11-15(22)7-8-23/h3-7,9-10H,8,11-12,23H2,1-2H3/b15-7-. The molecule has 2 N–H and O–H groups in total. The van der Waals surface area contributed by atoms with Gasteiger partial charge in [0.1, 0.15) is 5.83 Å². The van der Waals surface area contributed by atoms with Crippen molar-refractivity contribution in [3.05, 3.63) is 54.0 Å². The van der Waals surface area contributed by atoms with Crippen molar-refractivity contribution in [3.8, 4) is 22.6 Å². The van der Waals surface area contributed by atoms with Crippen molar-refractivity contribution in [2.24, 2.45) is 5.73 Å². The Labute approximate surface area is 168 Å². The number of ether oxygens (including phenoxy) is 2. The number of rotatable bonds is 5. The number of hydrogen-bond donors (Lipinski definition) is 1. The van der Waals surface area contributed by atoms with Crippen LogP contribution in [0.25, 0.3) is 22.0 Å². The van der Waals surface area contributed by atoms with Crippen LogP contribution in [0, 0.1) is 6.92 Å². The highest BCUT2D eigenvalue weighted by atomic mass is 32.2. The Kier molecular flexibility index (Phi) is 4.84. The lowest BCUT2D eigenvalue weighted by atomic mass is 10.0. The molecule has 6 nitrogen and oxygen atoms in total. The van der Waals surface area contributed by atoms with Gasteiger partial charge in [-0.25, -0.2) is 12.8 Å². The van der Waals surface area contributed by atoms with Crippen molar-refractivity contribution in [3.63, 3.8) is 0 Å². The molecule has 0 aliphatic carbocycles. The third-order valence-corrected chi connectivity index (χ3v) is 6.14. The molecule has 0 saturated carbocycles. The molecule has 3 aromatic rings. The van der Waals surface area contributed by atoms with E-state index in [2.05, 4.69) is 0 Å². The van der Waals surface area contributed by atoms with Crippen molar-refractivity contribution in [1.29, 1.82) is 0 Å².